The predicted octanol–water partition coefficient (Wildman–Crippen LogP) is 3.93. The van der Waals surface area contributed by atoms with Gasteiger partial charge >= 0.3 is 5.97 Å². The molecule has 5 aliphatic rings. The first-order valence-corrected chi connectivity index (χ1v) is 11.6. The van der Waals surface area contributed by atoms with Gasteiger partial charge in [-0.3, -0.25) is 4.79 Å². The van der Waals surface area contributed by atoms with Crippen molar-refractivity contribution >= 4 is 5.97 Å². The molecule has 3 fully saturated rings. The van der Waals surface area contributed by atoms with Gasteiger partial charge in [-0.15, -0.1) is 0 Å². The molecule has 3 aliphatic carbocycles. The zero-order chi connectivity index (χ0) is 20.6. The third kappa shape index (κ3) is 2.47. The van der Waals surface area contributed by atoms with Gasteiger partial charge in [-0.05, 0) is 57.4 Å². The second-order valence-electron chi connectivity index (χ2n) is 10.9. The van der Waals surface area contributed by atoms with E-state index in [2.05, 4.69) is 25.8 Å². The van der Waals surface area contributed by atoms with Gasteiger partial charge in [0.1, 0.15) is 0 Å². The van der Waals surface area contributed by atoms with Crippen molar-refractivity contribution in [2.24, 2.45) is 34.5 Å². The highest BCUT2D eigenvalue weighted by Crippen LogP contribution is 2.72. The summed E-state index contributed by atoms with van der Waals surface area (Å²) < 4.78 is 12.6. The standard InChI is InChI=1S/C24H37NO4/c1-15(2)24(28-4)10-9-22(14-29-24)17-7-5-16-6-8-18-19(21(26)27)11-23(22,20(16)18)13-25(3)12-17/h15,17-19H,5-14H2,1-4H3,(H,26,27)/t17-,18-,19-,22?,23-,24+/m1/s1. The maximum Gasteiger partial charge on any atom is 0.307 e. The average molecular weight is 404 g/mol. The van der Waals surface area contributed by atoms with Gasteiger partial charge < -0.3 is 19.5 Å². The number of rotatable bonds is 3. The van der Waals surface area contributed by atoms with Crippen molar-refractivity contribution in [1.29, 1.82) is 0 Å². The second-order valence-corrected chi connectivity index (χ2v) is 10.9. The molecule has 1 unspecified atom stereocenters. The molecule has 2 saturated heterocycles. The highest BCUT2D eigenvalue weighted by atomic mass is 16.7. The summed E-state index contributed by atoms with van der Waals surface area (Å²) in [5.74, 6) is -0.170. The van der Waals surface area contributed by atoms with Crippen LogP contribution in [0.3, 0.4) is 0 Å². The van der Waals surface area contributed by atoms with Crippen LogP contribution in [0.2, 0.25) is 0 Å². The van der Waals surface area contributed by atoms with Crippen molar-refractivity contribution in [2.45, 2.75) is 64.6 Å². The smallest absolute Gasteiger partial charge is 0.307 e. The summed E-state index contributed by atoms with van der Waals surface area (Å²) in [7, 11) is 4.02. The van der Waals surface area contributed by atoms with E-state index in [1.807, 2.05) is 0 Å². The molecule has 0 aromatic heterocycles. The Morgan fingerprint density at radius 2 is 2.03 bits per heavy atom. The highest BCUT2D eigenvalue weighted by molar-refractivity contribution is 5.73. The van der Waals surface area contributed by atoms with E-state index in [1.165, 1.54) is 12.8 Å². The Morgan fingerprint density at radius 1 is 1.28 bits per heavy atom. The van der Waals surface area contributed by atoms with Crippen LogP contribution in [-0.4, -0.2) is 55.6 Å². The highest BCUT2D eigenvalue weighted by Gasteiger charge is 2.69. The maximum atomic E-state index is 12.3. The number of methoxy groups -OCH3 is 1. The zero-order valence-corrected chi connectivity index (χ0v) is 18.5. The lowest BCUT2D eigenvalue weighted by atomic mass is 9.50. The van der Waals surface area contributed by atoms with Crippen LogP contribution < -0.4 is 0 Å². The number of likely N-dealkylation sites (tertiary alicyclic amines) is 1. The van der Waals surface area contributed by atoms with Gasteiger partial charge in [0.15, 0.2) is 5.79 Å². The molecule has 5 heteroatoms. The number of carbonyl (C=O) groups is 1. The summed E-state index contributed by atoms with van der Waals surface area (Å²) in [5, 5.41) is 10.1. The first-order valence-electron chi connectivity index (χ1n) is 11.6. The molecule has 0 aromatic rings. The van der Waals surface area contributed by atoms with Crippen molar-refractivity contribution in [3.05, 3.63) is 11.1 Å². The number of aliphatic carboxylic acids is 1. The molecule has 5 rings (SSSR count). The molecule has 2 bridgehead atoms. The first kappa shape index (κ1) is 20.0. The van der Waals surface area contributed by atoms with Crippen LogP contribution >= 0.6 is 0 Å². The Labute approximate surface area is 174 Å². The molecular weight excluding hydrogens is 366 g/mol. The van der Waals surface area contributed by atoms with Crippen molar-refractivity contribution in [1.82, 2.24) is 4.90 Å². The van der Waals surface area contributed by atoms with Crippen LogP contribution in [0.5, 0.6) is 0 Å². The number of hydrogen-bond donors (Lipinski definition) is 1. The molecule has 162 valence electrons. The summed E-state index contributed by atoms with van der Waals surface area (Å²) in [6.45, 7) is 7.19. The summed E-state index contributed by atoms with van der Waals surface area (Å²) in [4.78, 5) is 14.8. The van der Waals surface area contributed by atoms with E-state index < -0.39 is 11.8 Å². The van der Waals surface area contributed by atoms with Crippen molar-refractivity contribution in [3.63, 3.8) is 0 Å². The molecular formula is C24H37NO4. The lowest BCUT2D eigenvalue weighted by molar-refractivity contribution is -0.311. The fraction of sp³-hybridized carbons (Fsp3) is 0.875. The van der Waals surface area contributed by atoms with Gasteiger partial charge in [0.25, 0.3) is 0 Å². The summed E-state index contributed by atoms with van der Waals surface area (Å²) in [5.41, 5.74) is 3.21. The van der Waals surface area contributed by atoms with E-state index in [0.29, 0.717) is 18.4 Å². The SMILES string of the molecule is CO[C@@]1(C(C)C)CCC2(CO1)[C@@H]1CCC3=C4[C@H](CC3)[C@H](C(=O)O)C[C@@]42CN(C)C1. The molecule has 2 spiro atoms. The fourth-order valence-corrected chi connectivity index (χ4v) is 8.42. The van der Waals surface area contributed by atoms with E-state index in [-0.39, 0.29) is 22.7 Å². The minimum absolute atomic E-state index is 0.0302. The van der Waals surface area contributed by atoms with Crippen LogP contribution in [-0.2, 0) is 14.3 Å². The van der Waals surface area contributed by atoms with Gasteiger partial charge in [-0.2, -0.15) is 0 Å². The molecule has 0 aromatic carbocycles. The average Bonchev–Trinajstić information content (AvgIpc) is 3.23. The Kier molecular flexibility index (Phi) is 4.52. The number of carboxylic acid groups (broad SMARTS) is 1. The van der Waals surface area contributed by atoms with Crippen LogP contribution in [0.25, 0.3) is 0 Å². The lowest BCUT2D eigenvalue weighted by Gasteiger charge is -2.62. The monoisotopic (exact) mass is 403 g/mol. The first-order chi connectivity index (χ1) is 13.8. The molecule has 1 N–H and O–H groups in total. The number of carboxylic acids is 1. The van der Waals surface area contributed by atoms with Gasteiger partial charge in [-0.1, -0.05) is 25.0 Å². The van der Waals surface area contributed by atoms with E-state index in [9.17, 15) is 9.90 Å². The molecule has 2 heterocycles. The Hall–Kier alpha value is -0.910. The lowest BCUT2D eigenvalue weighted by Crippen LogP contribution is -2.64. The number of hydrogen-bond acceptors (Lipinski definition) is 4. The minimum Gasteiger partial charge on any atom is -0.481 e. The van der Waals surface area contributed by atoms with E-state index >= 15 is 0 Å². The normalized spacial score (nSPS) is 47.0. The van der Waals surface area contributed by atoms with Crippen molar-refractivity contribution in [2.75, 3.05) is 33.9 Å². The number of nitrogens with zero attached hydrogens (tertiary/aromatic N) is 1. The molecule has 29 heavy (non-hydrogen) atoms. The number of allylic oxidation sites excluding steroid dienone is 1. The topological polar surface area (TPSA) is 59.0 Å². The molecule has 0 amide bonds. The van der Waals surface area contributed by atoms with E-state index in [0.717, 1.165) is 45.2 Å². The van der Waals surface area contributed by atoms with Gasteiger partial charge in [0.2, 0.25) is 0 Å². The zero-order valence-electron chi connectivity index (χ0n) is 18.5. The van der Waals surface area contributed by atoms with Crippen LogP contribution in [0.15, 0.2) is 11.1 Å². The number of ether oxygens (including phenoxy) is 2. The molecule has 6 atom stereocenters. The Balaban J connectivity index is 1.62. The third-order valence-electron chi connectivity index (χ3n) is 9.72. The van der Waals surface area contributed by atoms with Crippen molar-refractivity contribution in [3.8, 4) is 0 Å². The molecule has 5 nitrogen and oxygen atoms in total. The van der Waals surface area contributed by atoms with Crippen LogP contribution in [0.1, 0.15) is 58.8 Å². The fourth-order valence-electron chi connectivity index (χ4n) is 8.42. The number of piperidine rings is 1. The van der Waals surface area contributed by atoms with E-state index in [1.54, 1.807) is 18.3 Å². The van der Waals surface area contributed by atoms with Gasteiger partial charge in [-0.25, -0.2) is 0 Å². The Bertz CT molecular complexity index is 735. The molecule has 1 saturated carbocycles. The van der Waals surface area contributed by atoms with Gasteiger partial charge in [0, 0.05) is 43.4 Å². The Morgan fingerprint density at radius 3 is 2.66 bits per heavy atom. The minimum atomic E-state index is -0.587. The van der Waals surface area contributed by atoms with E-state index in [4.69, 9.17) is 9.47 Å². The molecule has 0 radical (unpaired) electrons. The van der Waals surface area contributed by atoms with Crippen molar-refractivity contribution < 1.29 is 19.4 Å². The quantitative estimate of drug-likeness (QED) is 0.724. The molecule has 2 aliphatic heterocycles. The van der Waals surface area contributed by atoms with Gasteiger partial charge in [0.05, 0.1) is 12.5 Å². The predicted molar refractivity (Wildman–Crippen MR) is 110 cm³/mol. The second kappa shape index (κ2) is 6.54. The largest absolute Gasteiger partial charge is 0.481 e. The summed E-state index contributed by atoms with van der Waals surface area (Å²) >= 11 is 0. The summed E-state index contributed by atoms with van der Waals surface area (Å²) in [6, 6.07) is 0. The summed E-state index contributed by atoms with van der Waals surface area (Å²) in [6.07, 6.45) is 7.36. The maximum absolute atomic E-state index is 12.3. The van der Waals surface area contributed by atoms with Crippen LogP contribution in [0.4, 0.5) is 0 Å². The van der Waals surface area contributed by atoms with Crippen LogP contribution in [0, 0.1) is 34.5 Å². The third-order valence-corrected chi connectivity index (χ3v) is 9.72.